The van der Waals surface area contributed by atoms with Gasteiger partial charge in [-0.3, -0.25) is 4.98 Å². The number of rotatable bonds is 6. The van der Waals surface area contributed by atoms with Gasteiger partial charge in [0.15, 0.2) is 0 Å². The van der Waals surface area contributed by atoms with Gasteiger partial charge in [-0.1, -0.05) is 11.6 Å². The number of carbonyl (C=O) groups is 1. The van der Waals surface area contributed by atoms with Crippen LogP contribution in [0.5, 0.6) is 0 Å². The minimum absolute atomic E-state index is 0.0869. The molecule has 3 aromatic rings. The smallest absolute Gasteiger partial charge is 0.416 e. The van der Waals surface area contributed by atoms with Gasteiger partial charge in [-0.25, -0.2) is 13.6 Å². The number of thioether (sulfide) groups is 1. The summed E-state index contributed by atoms with van der Waals surface area (Å²) in [4.78, 5) is 15.1. The molecule has 0 aliphatic rings. The zero-order valence-electron chi connectivity index (χ0n) is 15.9. The molecule has 1 heterocycles. The zero-order chi connectivity index (χ0) is 23.5. The lowest BCUT2D eigenvalue weighted by atomic mass is 10.0. The highest BCUT2D eigenvalue weighted by Crippen LogP contribution is 2.44. The van der Waals surface area contributed by atoms with Crippen LogP contribution in [0.1, 0.15) is 27.6 Å². The first kappa shape index (κ1) is 23.7. The Morgan fingerprint density at radius 3 is 2.38 bits per heavy atom. The normalized spacial score (nSPS) is 12.8. The molecule has 10 heteroatoms. The van der Waals surface area contributed by atoms with E-state index in [0.29, 0.717) is 4.90 Å². The van der Waals surface area contributed by atoms with Crippen molar-refractivity contribution in [2.24, 2.45) is 0 Å². The van der Waals surface area contributed by atoms with Gasteiger partial charge in [0.25, 0.3) is 0 Å². The predicted octanol–water partition coefficient (Wildman–Crippen LogP) is 7.01. The first-order chi connectivity index (χ1) is 15.0. The molecule has 0 aliphatic heterocycles. The minimum atomic E-state index is -4.52. The molecule has 1 unspecified atom stereocenters. The van der Waals surface area contributed by atoms with Crippen molar-refractivity contribution in [2.75, 3.05) is 0 Å². The van der Waals surface area contributed by atoms with Crippen molar-refractivity contribution in [1.82, 2.24) is 4.98 Å². The number of benzene rings is 2. The third-order valence-electron chi connectivity index (χ3n) is 4.26. The largest absolute Gasteiger partial charge is 0.478 e. The number of nitrogens with zero attached hydrogens (tertiary/aromatic N) is 1. The minimum Gasteiger partial charge on any atom is -0.478 e. The van der Waals surface area contributed by atoms with E-state index in [-0.39, 0.29) is 21.8 Å². The highest BCUT2D eigenvalue weighted by atomic mass is 35.5. The fraction of sp³-hybridized carbons (Fsp3) is 0.0909. The Balaban J connectivity index is 2.09. The van der Waals surface area contributed by atoms with Gasteiger partial charge in [0, 0.05) is 22.7 Å². The molecule has 1 aromatic heterocycles. The first-order valence-electron chi connectivity index (χ1n) is 8.90. The molecule has 0 aliphatic carbocycles. The number of pyridine rings is 1. The molecule has 2 aromatic carbocycles. The second kappa shape index (κ2) is 9.70. The fourth-order valence-electron chi connectivity index (χ4n) is 2.79. The summed E-state index contributed by atoms with van der Waals surface area (Å²) in [6, 6.07) is 8.47. The van der Waals surface area contributed by atoms with Crippen LogP contribution in [0.25, 0.3) is 6.08 Å². The van der Waals surface area contributed by atoms with E-state index in [0.717, 1.165) is 48.2 Å². The van der Waals surface area contributed by atoms with E-state index in [9.17, 15) is 26.7 Å². The van der Waals surface area contributed by atoms with Gasteiger partial charge in [-0.2, -0.15) is 13.2 Å². The molecule has 0 saturated carbocycles. The van der Waals surface area contributed by atoms with Gasteiger partial charge >= 0.3 is 12.1 Å². The molecule has 0 radical (unpaired) electrons. The zero-order valence-corrected chi connectivity index (χ0v) is 17.5. The maximum atomic E-state index is 14.6. The van der Waals surface area contributed by atoms with Crippen molar-refractivity contribution >= 4 is 35.4 Å². The number of alkyl halides is 3. The lowest BCUT2D eigenvalue weighted by Crippen LogP contribution is -2.05. The maximum absolute atomic E-state index is 14.6. The van der Waals surface area contributed by atoms with Crippen LogP contribution < -0.4 is 0 Å². The summed E-state index contributed by atoms with van der Waals surface area (Å²) in [5, 5.41) is 7.94. The molecular weight excluding hydrogens is 473 g/mol. The summed E-state index contributed by atoms with van der Waals surface area (Å²) in [5.74, 6) is -2.67. The number of hydrogen-bond donors (Lipinski definition) is 1. The molecule has 0 fully saturated rings. The molecule has 0 bridgehead atoms. The molecule has 0 saturated heterocycles. The van der Waals surface area contributed by atoms with Crippen LogP contribution in [-0.2, 0) is 11.0 Å². The summed E-state index contributed by atoms with van der Waals surface area (Å²) in [7, 11) is 0. The number of carboxylic acids is 1. The fourth-order valence-corrected chi connectivity index (χ4v) is 4.26. The van der Waals surface area contributed by atoms with E-state index in [4.69, 9.17) is 16.7 Å². The van der Waals surface area contributed by atoms with Gasteiger partial charge in [0.1, 0.15) is 11.6 Å². The Morgan fingerprint density at radius 2 is 1.75 bits per heavy atom. The van der Waals surface area contributed by atoms with Crippen LogP contribution in [-0.4, -0.2) is 16.1 Å². The second-order valence-corrected chi connectivity index (χ2v) is 8.07. The number of halogens is 6. The summed E-state index contributed by atoms with van der Waals surface area (Å²) in [5.41, 5.74) is -0.461. The Labute approximate surface area is 188 Å². The van der Waals surface area contributed by atoms with Crippen LogP contribution >= 0.6 is 23.4 Å². The quantitative estimate of drug-likeness (QED) is 0.232. The lowest BCUT2D eigenvalue weighted by molar-refractivity contribution is -0.137. The average molecular weight is 486 g/mol. The Hall–Kier alpha value is -2.91. The summed E-state index contributed by atoms with van der Waals surface area (Å²) in [6.07, 6.45) is -1.24. The van der Waals surface area contributed by atoms with Crippen molar-refractivity contribution in [3.8, 4) is 0 Å². The van der Waals surface area contributed by atoms with Gasteiger partial charge in [0.2, 0.25) is 0 Å². The third kappa shape index (κ3) is 5.86. The number of aliphatic carboxylic acids is 1. The van der Waals surface area contributed by atoms with E-state index < -0.39 is 34.6 Å². The Kier molecular flexibility index (Phi) is 7.20. The monoisotopic (exact) mass is 485 g/mol. The van der Waals surface area contributed by atoms with E-state index in [2.05, 4.69) is 4.98 Å². The predicted molar refractivity (Wildman–Crippen MR) is 111 cm³/mol. The highest BCUT2D eigenvalue weighted by molar-refractivity contribution is 7.99. The number of aromatic nitrogens is 1. The average Bonchev–Trinajstić information content (AvgIpc) is 2.73. The first-order valence-corrected chi connectivity index (χ1v) is 10.2. The maximum Gasteiger partial charge on any atom is 0.416 e. The van der Waals surface area contributed by atoms with E-state index in [1.807, 2.05) is 0 Å². The standard InChI is InChI=1S/C22H13ClF5NO2S/c23-18-11-29-14(4-8-20(30)31)10-16(18)21(17-9-13(24)3-7-19(17)25)32-15-5-1-12(2-6-15)22(26,27)28/h1-11,21H,(H,30,31)/b8-4+. The van der Waals surface area contributed by atoms with Crippen LogP contribution in [0.15, 0.2) is 65.7 Å². The molecule has 3 nitrogen and oxygen atoms in total. The Morgan fingerprint density at radius 1 is 1.06 bits per heavy atom. The Bertz CT molecular complexity index is 1170. The summed E-state index contributed by atoms with van der Waals surface area (Å²) >= 11 is 7.22. The molecule has 166 valence electrons. The van der Waals surface area contributed by atoms with Crippen molar-refractivity contribution < 1.29 is 31.9 Å². The number of carboxylic acid groups (broad SMARTS) is 1. The van der Waals surface area contributed by atoms with Crippen LogP contribution in [0.2, 0.25) is 5.02 Å². The van der Waals surface area contributed by atoms with Gasteiger partial charge in [0.05, 0.1) is 21.5 Å². The molecule has 1 N–H and O–H groups in total. The van der Waals surface area contributed by atoms with Crippen molar-refractivity contribution in [1.29, 1.82) is 0 Å². The van der Waals surface area contributed by atoms with Crippen molar-refractivity contribution in [2.45, 2.75) is 16.3 Å². The van der Waals surface area contributed by atoms with Crippen LogP contribution in [0, 0.1) is 11.6 Å². The summed E-state index contributed by atoms with van der Waals surface area (Å²) < 4.78 is 67.1. The molecule has 1 atom stereocenters. The molecular formula is C22H13ClF5NO2S. The van der Waals surface area contributed by atoms with Gasteiger partial charge in [-0.15, -0.1) is 11.8 Å². The van der Waals surface area contributed by atoms with Gasteiger partial charge < -0.3 is 5.11 Å². The van der Waals surface area contributed by atoms with Gasteiger partial charge in [-0.05, 0) is 60.2 Å². The highest BCUT2D eigenvalue weighted by Gasteiger charge is 2.30. The SMILES string of the molecule is O=C(O)/C=C/c1cc(C(Sc2ccc(C(F)(F)F)cc2)c2cc(F)ccc2F)c(Cl)cn1. The lowest BCUT2D eigenvalue weighted by Gasteiger charge is -2.20. The molecule has 0 spiro atoms. The molecule has 32 heavy (non-hydrogen) atoms. The molecule has 0 amide bonds. The molecule has 3 rings (SSSR count). The van der Waals surface area contributed by atoms with Crippen molar-refractivity contribution in [3.05, 3.63) is 99.8 Å². The topological polar surface area (TPSA) is 50.2 Å². The number of hydrogen-bond acceptors (Lipinski definition) is 3. The van der Waals surface area contributed by atoms with Crippen LogP contribution in [0.4, 0.5) is 22.0 Å². The van der Waals surface area contributed by atoms with E-state index >= 15 is 0 Å². The van der Waals surface area contributed by atoms with E-state index in [1.54, 1.807) is 0 Å². The summed E-state index contributed by atoms with van der Waals surface area (Å²) in [6.45, 7) is 0. The van der Waals surface area contributed by atoms with Crippen LogP contribution in [0.3, 0.4) is 0 Å². The third-order valence-corrected chi connectivity index (χ3v) is 5.87. The van der Waals surface area contributed by atoms with Crippen molar-refractivity contribution in [3.63, 3.8) is 0 Å². The van der Waals surface area contributed by atoms with E-state index in [1.165, 1.54) is 30.5 Å². The second-order valence-electron chi connectivity index (χ2n) is 6.49.